The van der Waals surface area contributed by atoms with Crippen LogP contribution < -0.4 is 10.6 Å². The molecule has 2 aliphatic heterocycles. The molecule has 0 saturated carbocycles. The Balaban J connectivity index is 1.78. The molecular formula is C10H16N2O5. The van der Waals surface area contributed by atoms with Crippen molar-refractivity contribution in [3.63, 3.8) is 0 Å². The molecule has 0 amide bonds. The third-order valence-electron chi connectivity index (χ3n) is 3.06. The summed E-state index contributed by atoms with van der Waals surface area (Å²) in [6.45, 7) is 0.748. The maximum Gasteiger partial charge on any atom is 0.323 e. The summed E-state index contributed by atoms with van der Waals surface area (Å²) in [6.07, 6.45) is -0.276. The molecule has 7 nitrogen and oxygen atoms in total. The standard InChI is InChI=1S/C10H16N2O5/c13-5-1-8(11-3-5)10(16)17-6-2-7(9(14)15)12-4-6/h5-8,11-13H,1-4H2,(H,14,15)/t5?,6?,7-,8?/m0/s1. The van der Waals surface area contributed by atoms with Crippen LogP contribution in [0.3, 0.4) is 0 Å². The summed E-state index contributed by atoms with van der Waals surface area (Å²) >= 11 is 0. The van der Waals surface area contributed by atoms with Crippen LogP contribution in [0.15, 0.2) is 0 Å². The summed E-state index contributed by atoms with van der Waals surface area (Å²) in [4.78, 5) is 22.3. The molecule has 2 saturated heterocycles. The Morgan fingerprint density at radius 1 is 1.12 bits per heavy atom. The highest BCUT2D eigenvalue weighted by atomic mass is 16.5. The van der Waals surface area contributed by atoms with Gasteiger partial charge in [0.1, 0.15) is 18.2 Å². The van der Waals surface area contributed by atoms with Gasteiger partial charge in [-0.3, -0.25) is 9.59 Å². The molecule has 17 heavy (non-hydrogen) atoms. The maximum absolute atomic E-state index is 11.7. The van der Waals surface area contributed by atoms with Gasteiger partial charge < -0.3 is 25.6 Å². The van der Waals surface area contributed by atoms with Crippen molar-refractivity contribution in [2.75, 3.05) is 13.1 Å². The lowest BCUT2D eigenvalue weighted by Gasteiger charge is -2.14. The van der Waals surface area contributed by atoms with E-state index in [1.807, 2.05) is 0 Å². The number of nitrogens with one attached hydrogen (secondary N) is 2. The maximum atomic E-state index is 11.7. The number of hydrogen-bond donors (Lipinski definition) is 4. The van der Waals surface area contributed by atoms with Crippen molar-refractivity contribution in [3.05, 3.63) is 0 Å². The van der Waals surface area contributed by atoms with E-state index in [1.54, 1.807) is 0 Å². The van der Waals surface area contributed by atoms with Gasteiger partial charge in [0.05, 0.1) is 6.10 Å². The van der Waals surface area contributed by atoms with Crippen molar-refractivity contribution in [2.45, 2.75) is 37.1 Å². The zero-order valence-electron chi connectivity index (χ0n) is 9.26. The van der Waals surface area contributed by atoms with E-state index in [0.717, 1.165) is 0 Å². The Hall–Kier alpha value is -1.18. The zero-order chi connectivity index (χ0) is 12.4. The number of aliphatic hydroxyl groups is 1. The van der Waals surface area contributed by atoms with Crippen LogP contribution in [-0.4, -0.2) is 59.5 Å². The van der Waals surface area contributed by atoms with Crippen molar-refractivity contribution in [1.29, 1.82) is 0 Å². The summed E-state index contributed by atoms with van der Waals surface area (Å²) in [6, 6.07) is -1.12. The predicted molar refractivity (Wildman–Crippen MR) is 56.3 cm³/mol. The number of carboxylic acids is 1. The number of hydrogen-bond acceptors (Lipinski definition) is 6. The fraction of sp³-hybridized carbons (Fsp3) is 0.800. The van der Waals surface area contributed by atoms with Gasteiger partial charge in [-0.25, -0.2) is 0 Å². The summed E-state index contributed by atoms with van der Waals surface area (Å²) < 4.78 is 5.19. The van der Waals surface area contributed by atoms with Crippen molar-refractivity contribution >= 4 is 11.9 Å². The van der Waals surface area contributed by atoms with Crippen molar-refractivity contribution in [2.24, 2.45) is 0 Å². The van der Waals surface area contributed by atoms with E-state index in [2.05, 4.69) is 10.6 Å². The van der Waals surface area contributed by atoms with E-state index >= 15 is 0 Å². The number of aliphatic hydroxyl groups excluding tert-OH is 1. The number of carboxylic acid groups (broad SMARTS) is 1. The Morgan fingerprint density at radius 3 is 2.35 bits per heavy atom. The number of carbonyl (C=O) groups excluding carboxylic acids is 1. The molecular weight excluding hydrogens is 228 g/mol. The molecule has 2 aliphatic rings. The van der Waals surface area contributed by atoms with E-state index in [-0.39, 0.29) is 6.42 Å². The zero-order valence-corrected chi connectivity index (χ0v) is 9.26. The van der Waals surface area contributed by atoms with Gasteiger partial charge in [-0.05, 0) is 0 Å². The van der Waals surface area contributed by atoms with Gasteiger partial charge in [-0.2, -0.15) is 0 Å². The largest absolute Gasteiger partial charge is 0.480 e. The molecule has 0 spiro atoms. The normalized spacial score (nSPS) is 37.0. The molecule has 0 aromatic carbocycles. The Bertz CT molecular complexity index is 322. The molecule has 0 radical (unpaired) electrons. The van der Waals surface area contributed by atoms with E-state index in [1.165, 1.54) is 0 Å². The van der Waals surface area contributed by atoms with Crippen LogP contribution in [0.2, 0.25) is 0 Å². The summed E-state index contributed by atoms with van der Waals surface area (Å²) in [5.74, 6) is -1.35. The van der Waals surface area contributed by atoms with Crippen molar-refractivity contribution in [3.8, 4) is 0 Å². The minimum absolute atomic E-state index is 0.288. The molecule has 2 fully saturated rings. The minimum Gasteiger partial charge on any atom is -0.480 e. The Labute approximate surface area is 98.1 Å². The number of rotatable bonds is 3. The molecule has 3 unspecified atom stereocenters. The number of β-amino-alcohol motifs (C(OH)–C–C–N with tert-alkyl or cyclic N) is 1. The van der Waals surface area contributed by atoms with E-state index in [9.17, 15) is 14.7 Å². The molecule has 96 valence electrons. The van der Waals surface area contributed by atoms with Gasteiger partial charge >= 0.3 is 11.9 Å². The monoisotopic (exact) mass is 244 g/mol. The smallest absolute Gasteiger partial charge is 0.323 e. The quantitative estimate of drug-likeness (QED) is 0.428. The number of carbonyl (C=O) groups is 2. The van der Waals surface area contributed by atoms with Crippen LogP contribution in [0.4, 0.5) is 0 Å². The molecule has 7 heteroatoms. The second kappa shape index (κ2) is 4.99. The van der Waals surface area contributed by atoms with Crippen molar-refractivity contribution < 1.29 is 24.5 Å². The molecule has 4 atom stereocenters. The highest BCUT2D eigenvalue weighted by Gasteiger charge is 2.35. The van der Waals surface area contributed by atoms with E-state index in [0.29, 0.717) is 19.5 Å². The lowest BCUT2D eigenvalue weighted by Crippen LogP contribution is -2.35. The number of esters is 1. The lowest BCUT2D eigenvalue weighted by atomic mass is 10.2. The van der Waals surface area contributed by atoms with Gasteiger partial charge in [0.2, 0.25) is 0 Å². The fourth-order valence-electron chi connectivity index (χ4n) is 2.12. The molecule has 0 bridgehead atoms. The molecule has 0 aliphatic carbocycles. The summed E-state index contributed by atoms with van der Waals surface area (Å²) in [5.41, 5.74) is 0. The van der Waals surface area contributed by atoms with Gasteiger partial charge in [-0.15, -0.1) is 0 Å². The van der Waals surface area contributed by atoms with Gasteiger partial charge in [0.15, 0.2) is 0 Å². The SMILES string of the molecule is O=C(OC1CN[C@H](C(=O)O)C1)C1CC(O)CN1. The second-order valence-electron chi connectivity index (χ2n) is 4.44. The van der Waals surface area contributed by atoms with Crippen LogP contribution in [-0.2, 0) is 14.3 Å². The van der Waals surface area contributed by atoms with Crippen LogP contribution in [0.5, 0.6) is 0 Å². The Morgan fingerprint density at radius 2 is 1.82 bits per heavy atom. The lowest BCUT2D eigenvalue weighted by molar-refractivity contribution is -0.151. The minimum atomic E-state index is -0.932. The molecule has 2 rings (SSSR count). The highest BCUT2D eigenvalue weighted by Crippen LogP contribution is 2.14. The van der Waals surface area contributed by atoms with Gasteiger partial charge in [0.25, 0.3) is 0 Å². The van der Waals surface area contributed by atoms with E-state index in [4.69, 9.17) is 9.84 Å². The second-order valence-corrected chi connectivity index (χ2v) is 4.44. The predicted octanol–water partition coefficient (Wildman–Crippen LogP) is -1.93. The summed E-state index contributed by atoms with van der Waals surface area (Å²) in [7, 11) is 0. The fourth-order valence-corrected chi connectivity index (χ4v) is 2.12. The third-order valence-corrected chi connectivity index (χ3v) is 3.06. The molecule has 2 heterocycles. The average molecular weight is 244 g/mol. The van der Waals surface area contributed by atoms with Gasteiger partial charge in [0, 0.05) is 25.9 Å². The summed E-state index contributed by atoms with van der Waals surface area (Å²) in [5, 5.41) is 23.6. The first-order chi connectivity index (χ1) is 8.06. The number of aliphatic carboxylic acids is 1. The first-order valence-electron chi connectivity index (χ1n) is 5.64. The van der Waals surface area contributed by atoms with Crippen LogP contribution >= 0.6 is 0 Å². The average Bonchev–Trinajstić information content (AvgIpc) is 2.86. The molecule has 4 N–H and O–H groups in total. The first-order valence-corrected chi connectivity index (χ1v) is 5.64. The molecule has 0 aromatic heterocycles. The highest BCUT2D eigenvalue weighted by molar-refractivity contribution is 5.77. The van der Waals surface area contributed by atoms with Crippen molar-refractivity contribution in [1.82, 2.24) is 10.6 Å². The van der Waals surface area contributed by atoms with Crippen LogP contribution in [0.1, 0.15) is 12.8 Å². The van der Waals surface area contributed by atoms with Gasteiger partial charge in [-0.1, -0.05) is 0 Å². The topological polar surface area (TPSA) is 108 Å². The Kier molecular flexibility index (Phi) is 3.60. The third kappa shape index (κ3) is 2.93. The van der Waals surface area contributed by atoms with Crippen LogP contribution in [0, 0.1) is 0 Å². The molecule has 0 aromatic rings. The first kappa shape index (κ1) is 12.3. The van der Waals surface area contributed by atoms with Crippen LogP contribution in [0.25, 0.3) is 0 Å². The van der Waals surface area contributed by atoms with E-state index < -0.39 is 36.2 Å². The number of ether oxygens (including phenoxy) is 1.